The zero-order valence-corrected chi connectivity index (χ0v) is 15.9. The highest BCUT2D eigenvalue weighted by atomic mass is 16.5. The molecule has 0 radical (unpaired) electrons. The highest BCUT2D eigenvalue weighted by Crippen LogP contribution is 2.29. The van der Waals surface area contributed by atoms with Crippen molar-refractivity contribution in [3.8, 4) is 11.5 Å². The number of urea groups is 1. The van der Waals surface area contributed by atoms with Crippen LogP contribution < -0.4 is 20.1 Å². The minimum Gasteiger partial charge on any atom is -0.496 e. The van der Waals surface area contributed by atoms with Crippen LogP contribution >= 0.6 is 0 Å². The van der Waals surface area contributed by atoms with Crippen LogP contribution in [0, 0.1) is 6.92 Å². The number of carbonyl (C=O) groups is 3. The van der Waals surface area contributed by atoms with E-state index in [4.69, 9.17) is 14.2 Å². The van der Waals surface area contributed by atoms with Crippen LogP contribution in [0.5, 0.6) is 11.5 Å². The average Bonchev–Trinajstić information content (AvgIpc) is 2.67. The molecule has 148 valence electrons. The fourth-order valence-electron chi connectivity index (χ4n) is 3.05. The molecule has 3 amide bonds. The lowest BCUT2D eigenvalue weighted by Crippen LogP contribution is -2.46. The molecular formula is C19H26N2O6. The number of hydrogen-bond acceptors (Lipinski definition) is 6. The van der Waals surface area contributed by atoms with Crippen molar-refractivity contribution in [2.75, 3.05) is 20.8 Å². The summed E-state index contributed by atoms with van der Waals surface area (Å²) in [6.45, 7) is 1.24. The minimum atomic E-state index is -0.713. The molecule has 2 rings (SSSR count). The summed E-state index contributed by atoms with van der Waals surface area (Å²) in [4.78, 5) is 35.8. The number of benzene rings is 1. The second-order valence-corrected chi connectivity index (χ2v) is 6.44. The molecule has 0 bridgehead atoms. The third-order valence-corrected chi connectivity index (χ3v) is 4.52. The number of nitrogens with one attached hydrogen (secondary N) is 2. The normalized spacial score (nSPS) is 14.2. The molecule has 8 nitrogen and oxygen atoms in total. The van der Waals surface area contributed by atoms with Crippen molar-refractivity contribution in [1.29, 1.82) is 0 Å². The fourth-order valence-corrected chi connectivity index (χ4v) is 3.05. The third-order valence-electron chi connectivity index (χ3n) is 4.52. The molecule has 0 aromatic heterocycles. The van der Waals surface area contributed by atoms with Gasteiger partial charge in [-0.3, -0.25) is 10.1 Å². The summed E-state index contributed by atoms with van der Waals surface area (Å²) < 4.78 is 15.4. The van der Waals surface area contributed by atoms with Crippen LogP contribution in [0.2, 0.25) is 0 Å². The maximum absolute atomic E-state index is 12.2. The topological polar surface area (TPSA) is 103 Å². The van der Waals surface area contributed by atoms with Gasteiger partial charge in [-0.2, -0.15) is 0 Å². The fraction of sp³-hybridized carbons (Fsp3) is 0.526. The molecule has 0 atom stereocenters. The zero-order chi connectivity index (χ0) is 19.8. The van der Waals surface area contributed by atoms with Gasteiger partial charge in [0, 0.05) is 11.6 Å². The SMILES string of the molecule is COc1cc(C(=O)OCC(=O)NC(=O)NC2CCCCC2)cc(OC)c1C. The van der Waals surface area contributed by atoms with Crippen molar-refractivity contribution in [2.24, 2.45) is 0 Å². The first-order valence-electron chi connectivity index (χ1n) is 8.94. The Balaban J connectivity index is 1.85. The van der Waals surface area contributed by atoms with Crippen molar-refractivity contribution in [2.45, 2.75) is 45.1 Å². The van der Waals surface area contributed by atoms with E-state index in [9.17, 15) is 14.4 Å². The van der Waals surface area contributed by atoms with Gasteiger partial charge in [0.25, 0.3) is 5.91 Å². The lowest BCUT2D eigenvalue weighted by molar-refractivity contribution is -0.123. The lowest BCUT2D eigenvalue weighted by Gasteiger charge is -2.22. The van der Waals surface area contributed by atoms with E-state index in [0.29, 0.717) is 11.5 Å². The molecule has 0 heterocycles. The van der Waals surface area contributed by atoms with Gasteiger partial charge >= 0.3 is 12.0 Å². The standard InChI is InChI=1S/C19H26N2O6/c1-12-15(25-2)9-13(10-16(12)26-3)18(23)27-11-17(22)21-19(24)20-14-7-5-4-6-8-14/h9-10,14H,4-8,11H2,1-3H3,(H2,20,21,22,24). The number of carbonyl (C=O) groups excluding carboxylic acids is 3. The van der Waals surface area contributed by atoms with E-state index in [-0.39, 0.29) is 11.6 Å². The van der Waals surface area contributed by atoms with Gasteiger partial charge in [0.1, 0.15) is 11.5 Å². The molecule has 27 heavy (non-hydrogen) atoms. The van der Waals surface area contributed by atoms with Crippen molar-refractivity contribution in [3.63, 3.8) is 0 Å². The first-order valence-corrected chi connectivity index (χ1v) is 8.94. The van der Waals surface area contributed by atoms with E-state index in [1.165, 1.54) is 32.8 Å². The van der Waals surface area contributed by atoms with Crippen molar-refractivity contribution < 1.29 is 28.6 Å². The molecular weight excluding hydrogens is 352 g/mol. The Kier molecular flexibility index (Phi) is 7.45. The first kappa shape index (κ1) is 20.5. The van der Waals surface area contributed by atoms with E-state index in [1.807, 2.05) is 0 Å². The molecule has 1 aromatic rings. The number of esters is 1. The molecule has 0 aliphatic heterocycles. The summed E-state index contributed by atoms with van der Waals surface area (Å²) >= 11 is 0. The Morgan fingerprint density at radius 2 is 1.63 bits per heavy atom. The quantitative estimate of drug-likeness (QED) is 0.737. The Labute approximate surface area is 158 Å². The van der Waals surface area contributed by atoms with E-state index in [1.54, 1.807) is 6.92 Å². The molecule has 1 saturated carbocycles. The molecule has 8 heteroatoms. The average molecular weight is 378 g/mol. The number of imide groups is 1. The Hall–Kier alpha value is -2.77. The van der Waals surface area contributed by atoms with Gasteiger partial charge in [-0.05, 0) is 31.9 Å². The zero-order valence-electron chi connectivity index (χ0n) is 15.9. The lowest BCUT2D eigenvalue weighted by atomic mass is 9.96. The Bertz CT molecular complexity index is 672. The molecule has 1 aliphatic carbocycles. The van der Waals surface area contributed by atoms with E-state index in [2.05, 4.69) is 10.6 Å². The second-order valence-electron chi connectivity index (χ2n) is 6.44. The predicted molar refractivity (Wildman–Crippen MR) is 98.1 cm³/mol. The highest BCUT2D eigenvalue weighted by Gasteiger charge is 2.19. The smallest absolute Gasteiger partial charge is 0.338 e. The molecule has 0 unspecified atom stereocenters. The first-order chi connectivity index (χ1) is 12.9. The third kappa shape index (κ3) is 5.87. The van der Waals surface area contributed by atoms with Gasteiger partial charge in [0.2, 0.25) is 0 Å². The molecule has 2 N–H and O–H groups in total. The maximum atomic E-state index is 12.2. The summed E-state index contributed by atoms with van der Waals surface area (Å²) in [5.41, 5.74) is 0.933. The van der Waals surface area contributed by atoms with E-state index >= 15 is 0 Å². The monoisotopic (exact) mass is 378 g/mol. The Morgan fingerprint density at radius 3 is 2.19 bits per heavy atom. The molecule has 0 spiro atoms. The Morgan fingerprint density at radius 1 is 1.04 bits per heavy atom. The van der Waals surface area contributed by atoms with Gasteiger partial charge in [-0.25, -0.2) is 9.59 Å². The molecule has 0 saturated heterocycles. The largest absolute Gasteiger partial charge is 0.496 e. The van der Waals surface area contributed by atoms with Gasteiger partial charge in [0.05, 0.1) is 19.8 Å². The summed E-state index contributed by atoms with van der Waals surface area (Å²) in [7, 11) is 2.96. The van der Waals surface area contributed by atoms with Crippen LogP contribution in [-0.4, -0.2) is 44.8 Å². The maximum Gasteiger partial charge on any atom is 0.338 e. The predicted octanol–water partition coefficient (Wildman–Crippen LogP) is 2.33. The number of methoxy groups -OCH3 is 2. The van der Waals surface area contributed by atoms with Crippen LogP contribution in [0.3, 0.4) is 0 Å². The van der Waals surface area contributed by atoms with Crippen LogP contribution in [0.25, 0.3) is 0 Å². The number of amides is 3. The van der Waals surface area contributed by atoms with E-state index < -0.39 is 24.5 Å². The van der Waals surface area contributed by atoms with Crippen LogP contribution in [0.15, 0.2) is 12.1 Å². The molecule has 1 aliphatic rings. The van der Waals surface area contributed by atoms with Gasteiger partial charge < -0.3 is 19.5 Å². The number of ether oxygens (including phenoxy) is 3. The van der Waals surface area contributed by atoms with Gasteiger partial charge in [-0.15, -0.1) is 0 Å². The summed E-state index contributed by atoms with van der Waals surface area (Å²) in [6.07, 6.45) is 5.13. The highest BCUT2D eigenvalue weighted by molar-refractivity contribution is 5.97. The minimum absolute atomic E-state index is 0.0848. The van der Waals surface area contributed by atoms with Crippen LogP contribution in [-0.2, 0) is 9.53 Å². The van der Waals surface area contributed by atoms with Gasteiger partial charge in [-0.1, -0.05) is 19.3 Å². The van der Waals surface area contributed by atoms with Crippen LogP contribution in [0.4, 0.5) is 4.79 Å². The molecule has 1 aromatic carbocycles. The van der Waals surface area contributed by atoms with Gasteiger partial charge in [0.15, 0.2) is 6.61 Å². The van der Waals surface area contributed by atoms with Crippen molar-refractivity contribution in [1.82, 2.24) is 10.6 Å². The van der Waals surface area contributed by atoms with Crippen molar-refractivity contribution >= 4 is 17.9 Å². The molecule has 1 fully saturated rings. The van der Waals surface area contributed by atoms with Crippen LogP contribution in [0.1, 0.15) is 48.0 Å². The number of rotatable bonds is 6. The summed E-state index contributed by atoms with van der Waals surface area (Å²) in [6, 6.07) is 2.53. The second kappa shape index (κ2) is 9.80. The summed E-state index contributed by atoms with van der Waals surface area (Å²) in [5, 5.41) is 4.93. The number of hydrogen-bond donors (Lipinski definition) is 2. The summed E-state index contributed by atoms with van der Waals surface area (Å²) in [5.74, 6) is -0.465. The van der Waals surface area contributed by atoms with Crippen molar-refractivity contribution in [3.05, 3.63) is 23.3 Å². The van der Waals surface area contributed by atoms with E-state index in [0.717, 1.165) is 31.2 Å².